The largest absolute Gasteiger partial charge is 0.494 e. The minimum absolute atomic E-state index is 0.290. The average molecular weight is 485 g/mol. The Morgan fingerprint density at radius 1 is 0.833 bits per heavy atom. The van der Waals surface area contributed by atoms with Gasteiger partial charge in [-0.25, -0.2) is 9.59 Å². The summed E-state index contributed by atoms with van der Waals surface area (Å²) in [5.41, 5.74) is 2.38. The molecule has 7 nitrogen and oxygen atoms in total. The van der Waals surface area contributed by atoms with Gasteiger partial charge in [0.2, 0.25) is 0 Å². The lowest BCUT2D eigenvalue weighted by molar-refractivity contribution is 0.0735. The molecule has 0 aliphatic heterocycles. The van der Waals surface area contributed by atoms with Crippen molar-refractivity contribution in [2.45, 2.75) is 39.5 Å². The van der Waals surface area contributed by atoms with Crippen LogP contribution in [0.5, 0.6) is 11.5 Å². The fourth-order valence-corrected chi connectivity index (χ4v) is 3.64. The number of carbonyl (C=O) groups excluding carboxylic acids is 1. The lowest BCUT2D eigenvalue weighted by atomic mass is 10.1. The van der Waals surface area contributed by atoms with Gasteiger partial charge in [-0.1, -0.05) is 26.2 Å². The molecule has 1 heterocycles. The van der Waals surface area contributed by atoms with Crippen LogP contribution in [0, 0.1) is 6.92 Å². The summed E-state index contributed by atoms with van der Waals surface area (Å²) in [5, 5.41) is 9.25. The van der Waals surface area contributed by atoms with Crippen LogP contribution in [0.15, 0.2) is 92.2 Å². The van der Waals surface area contributed by atoms with Crippen molar-refractivity contribution in [1.29, 1.82) is 0 Å². The number of esters is 1. The van der Waals surface area contributed by atoms with Crippen molar-refractivity contribution in [2.24, 2.45) is 10.2 Å². The highest BCUT2D eigenvalue weighted by Crippen LogP contribution is 2.24. The van der Waals surface area contributed by atoms with Gasteiger partial charge in [0, 0.05) is 17.5 Å². The van der Waals surface area contributed by atoms with Crippen molar-refractivity contribution in [3.8, 4) is 11.5 Å². The number of benzene rings is 3. The van der Waals surface area contributed by atoms with Crippen molar-refractivity contribution >= 4 is 28.3 Å². The van der Waals surface area contributed by atoms with Crippen molar-refractivity contribution in [3.05, 3.63) is 94.3 Å². The van der Waals surface area contributed by atoms with Crippen LogP contribution < -0.4 is 15.1 Å². The molecule has 0 bridgehead atoms. The van der Waals surface area contributed by atoms with E-state index in [0.29, 0.717) is 34.9 Å². The summed E-state index contributed by atoms with van der Waals surface area (Å²) in [6.07, 6.45) is 4.68. The zero-order chi connectivity index (χ0) is 25.3. The fourth-order valence-electron chi connectivity index (χ4n) is 3.64. The topological polar surface area (TPSA) is 90.5 Å². The minimum atomic E-state index is -0.530. The molecule has 0 amide bonds. The minimum Gasteiger partial charge on any atom is -0.494 e. The summed E-state index contributed by atoms with van der Waals surface area (Å²) < 4.78 is 16.4. The molecule has 3 aromatic carbocycles. The van der Waals surface area contributed by atoms with Gasteiger partial charge in [-0.05, 0) is 79.6 Å². The van der Waals surface area contributed by atoms with Gasteiger partial charge in [0.05, 0.1) is 23.5 Å². The average Bonchev–Trinajstić information content (AvgIpc) is 2.88. The van der Waals surface area contributed by atoms with Crippen LogP contribution in [0.3, 0.4) is 0 Å². The Hall–Kier alpha value is -4.26. The van der Waals surface area contributed by atoms with Crippen molar-refractivity contribution in [1.82, 2.24) is 0 Å². The zero-order valence-corrected chi connectivity index (χ0v) is 20.4. The molecule has 0 aliphatic carbocycles. The second-order valence-electron chi connectivity index (χ2n) is 8.45. The van der Waals surface area contributed by atoms with E-state index >= 15 is 0 Å². The van der Waals surface area contributed by atoms with E-state index in [2.05, 4.69) is 17.2 Å². The molecule has 0 spiro atoms. The highest BCUT2D eigenvalue weighted by Gasteiger charge is 2.11. The van der Waals surface area contributed by atoms with Gasteiger partial charge in [-0.15, -0.1) is 0 Å². The third kappa shape index (κ3) is 6.66. The van der Waals surface area contributed by atoms with Crippen LogP contribution in [0.2, 0.25) is 0 Å². The number of ether oxygens (including phenoxy) is 2. The molecule has 0 fully saturated rings. The molecule has 4 aromatic rings. The Labute approximate surface area is 209 Å². The molecule has 0 N–H and O–H groups in total. The number of rotatable bonds is 10. The first-order chi connectivity index (χ1) is 17.5. The molecule has 0 saturated carbocycles. The van der Waals surface area contributed by atoms with E-state index < -0.39 is 11.6 Å². The van der Waals surface area contributed by atoms with Gasteiger partial charge in [-0.3, -0.25) is 0 Å². The lowest BCUT2D eigenvalue weighted by Crippen LogP contribution is -2.08. The van der Waals surface area contributed by atoms with E-state index in [1.807, 2.05) is 31.2 Å². The van der Waals surface area contributed by atoms with E-state index in [9.17, 15) is 9.59 Å². The summed E-state index contributed by atoms with van der Waals surface area (Å²) in [6, 6.07) is 20.5. The predicted molar refractivity (Wildman–Crippen MR) is 139 cm³/mol. The molecule has 0 unspecified atom stereocenters. The Kier molecular flexibility index (Phi) is 8.24. The molecule has 0 radical (unpaired) electrons. The molecule has 36 heavy (non-hydrogen) atoms. The number of nitrogens with zero attached hydrogens (tertiary/aromatic N) is 2. The second-order valence-corrected chi connectivity index (χ2v) is 8.45. The first-order valence-electron chi connectivity index (χ1n) is 12.0. The first kappa shape index (κ1) is 24.9. The maximum atomic E-state index is 12.6. The number of aryl methyl sites for hydroxylation is 1. The summed E-state index contributed by atoms with van der Waals surface area (Å²) in [5.74, 6) is 0.577. The van der Waals surface area contributed by atoms with Crippen molar-refractivity contribution in [3.63, 3.8) is 0 Å². The zero-order valence-electron chi connectivity index (χ0n) is 20.4. The first-order valence-corrected chi connectivity index (χ1v) is 12.0. The molecule has 0 saturated heterocycles. The van der Waals surface area contributed by atoms with Crippen LogP contribution in [-0.2, 0) is 0 Å². The summed E-state index contributed by atoms with van der Waals surface area (Å²) in [6.45, 7) is 4.73. The molecule has 7 heteroatoms. The van der Waals surface area contributed by atoms with Gasteiger partial charge in [0.15, 0.2) is 0 Å². The summed E-state index contributed by atoms with van der Waals surface area (Å²) >= 11 is 0. The summed E-state index contributed by atoms with van der Waals surface area (Å²) in [4.78, 5) is 24.2. The molecule has 0 atom stereocenters. The Balaban J connectivity index is 1.33. The number of hydrogen-bond acceptors (Lipinski definition) is 7. The summed E-state index contributed by atoms with van der Waals surface area (Å²) in [7, 11) is 0. The Bertz CT molecular complexity index is 1410. The fraction of sp³-hybridized carbons (Fsp3) is 0.241. The molecule has 4 rings (SSSR count). The SMILES string of the molecule is CCCCCCOc1ccc(N=Nc2ccc(C(=O)Oc3ccc4c(C)cc(=O)oc4c3)cc2)cc1. The number of unbranched alkanes of at least 4 members (excludes halogenated alkanes) is 3. The molecule has 1 aromatic heterocycles. The highest BCUT2D eigenvalue weighted by atomic mass is 16.5. The van der Waals surface area contributed by atoms with Gasteiger partial charge in [0.1, 0.15) is 17.1 Å². The van der Waals surface area contributed by atoms with Crippen LogP contribution in [0.1, 0.15) is 48.5 Å². The van der Waals surface area contributed by atoms with E-state index in [1.165, 1.54) is 31.4 Å². The number of azo groups is 1. The molecule has 184 valence electrons. The molecular weight excluding hydrogens is 456 g/mol. The van der Waals surface area contributed by atoms with E-state index in [0.717, 1.165) is 23.1 Å². The maximum absolute atomic E-state index is 12.6. The van der Waals surface area contributed by atoms with E-state index in [-0.39, 0.29) is 0 Å². The highest BCUT2D eigenvalue weighted by molar-refractivity contribution is 5.92. The number of carbonyl (C=O) groups is 1. The van der Waals surface area contributed by atoms with Crippen molar-refractivity contribution in [2.75, 3.05) is 6.61 Å². The van der Waals surface area contributed by atoms with Crippen molar-refractivity contribution < 1.29 is 18.7 Å². The van der Waals surface area contributed by atoms with E-state index in [1.54, 1.807) is 36.4 Å². The number of fused-ring (bicyclic) bond motifs is 1. The molecular formula is C29H28N2O5. The Morgan fingerprint density at radius 2 is 1.50 bits per heavy atom. The van der Waals surface area contributed by atoms with Crippen LogP contribution in [0.25, 0.3) is 11.0 Å². The van der Waals surface area contributed by atoms with Crippen LogP contribution in [-0.4, -0.2) is 12.6 Å². The van der Waals surface area contributed by atoms with Crippen LogP contribution >= 0.6 is 0 Å². The standard InChI is InChI=1S/C29H28N2O5/c1-3-4-5-6-17-34-24-13-11-23(12-14-24)31-30-22-9-7-21(8-10-22)29(33)35-25-15-16-26-20(2)18-28(32)36-27(26)19-25/h7-16,18-19H,3-6,17H2,1-2H3. The van der Waals surface area contributed by atoms with Gasteiger partial charge in [0.25, 0.3) is 0 Å². The van der Waals surface area contributed by atoms with Gasteiger partial charge >= 0.3 is 11.6 Å². The normalized spacial score (nSPS) is 11.2. The smallest absolute Gasteiger partial charge is 0.343 e. The van der Waals surface area contributed by atoms with E-state index in [4.69, 9.17) is 13.9 Å². The predicted octanol–water partition coefficient (Wildman–Crippen LogP) is 7.70. The number of hydrogen-bond donors (Lipinski definition) is 0. The quantitative estimate of drug-likeness (QED) is 0.0756. The maximum Gasteiger partial charge on any atom is 0.343 e. The lowest BCUT2D eigenvalue weighted by Gasteiger charge is -2.06. The molecule has 0 aliphatic rings. The second kappa shape index (κ2) is 11.9. The monoisotopic (exact) mass is 484 g/mol. The van der Waals surface area contributed by atoms with Gasteiger partial charge in [-0.2, -0.15) is 10.2 Å². The van der Waals surface area contributed by atoms with Gasteiger partial charge < -0.3 is 13.9 Å². The third-order valence-electron chi connectivity index (χ3n) is 5.62. The third-order valence-corrected chi connectivity index (χ3v) is 5.62. The van der Waals surface area contributed by atoms with Crippen LogP contribution in [0.4, 0.5) is 11.4 Å². The Morgan fingerprint density at radius 3 is 2.19 bits per heavy atom.